The van der Waals surface area contributed by atoms with Crippen LogP contribution in [0.2, 0.25) is 0 Å². The van der Waals surface area contributed by atoms with Gasteiger partial charge in [-0.15, -0.1) is 12.3 Å². The average molecular weight is 369 g/mol. The van der Waals surface area contributed by atoms with Crippen molar-refractivity contribution in [3.05, 3.63) is 23.9 Å². The first kappa shape index (κ1) is 18.8. The number of carboxylic acids is 1. The third kappa shape index (κ3) is 4.82. The van der Waals surface area contributed by atoms with Crippen molar-refractivity contribution in [3.63, 3.8) is 0 Å². The number of aromatic carboxylic acids is 1. The smallest absolute Gasteiger partial charge is 0.335 e. The number of anilines is 1. The van der Waals surface area contributed by atoms with Gasteiger partial charge in [-0.3, -0.25) is 4.79 Å². The largest absolute Gasteiger partial charge is 0.478 e. The van der Waals surface area contributed by atoms with Gasteiger partial charge in [0.1, 0.15) is 5.82 Å². The first-order valence-electron chi connectivity index (χ1n) is 9.13. The van der Waals surface area contributed by atoms with Crippen LogP contribution in [0.25, 0.3) is 0 Å². The van der Waals surface area contributed by atoms with Gasteiger partial charge in [0.25, 0.3) is 0 Å². The normalized spacial score (nSPS) is 17.9. The number of hydrogen-bond acceptors (Lipinski definition) is 6. The zero-order valence-corrected chi connectivity index (χ0v) is 15.2. The van der Waals surface area contributed by atoms with E-state index in [1.54, 1.807) is 6.07 Å². The average Bonchev–Trinajstić information content (AvgIpc) is 3.48. The highest BCUT2D eigenvalue weighted by atomic mass is 16.4. The molecule has 3 rings (SSSR count). The molecular formula is C19H23N5O3. The summed E-state index contributed by atoms with van der Waals surface area (Å²) >= 11 is 0. The molecule has 0 saturated carbocycles. The maximum absolute atomic E-state index is 12.6. The van der Waals surface area contributed by atoms with Gasteiger partial charge >= 0.3 is 5.97 Å². The van der Waals surface area contributed by atoms with E-state index in [-0.39, 0.29) is 11.5 Å². The van der Waals surface area contributed by atoms with Crippen LogP contribution in [-0.4, -0.2) is 58.7 Å². The van der Waals surface area contributed by atoms with Crippen LogP contribution in [0.5, 0.6) is 0 Å². The molecular weight excluding hydrogens is 346 g/mol. The van der Waals surface area contributed by atoms with E-state index < -0.39 is 11.6 Å². The predicted octanol–water partition coefficient (Wildman–Crippen LogP) is 2.17. The fraction of sp³-hybridized carbons (Fsp3) is 0.526. The number of carbonyl (C=O) groups excluding carboxylic acids is 1. The van der Waals surface area contributed by atoms with E-state index in [0.717, 1.165) is 13.0 Å². The molecule has 2 aliphatic heterocycles. The molecule has 0 aliphatic carbocycles. The summed E-state index contributed by atoms with van der Waals surface area (Å²) < 4.78 is 0. The number of amides is 1. The number of aromatic nitrogens is 1. The van der Waals surface area contributed by atoms with Crippen LogP contribution in [-0.2, 0) is 4.79 Å². The Kier molecular flexibility index (Phi) is 5.69. The molecule has 27 heavy (non-hydrogen) atoms. The van der Waals surface area contributed by atoms with Crippen LogP contribution in [0.3, 0.4) is 0 Å². The maximum Gasteiger partial charge on any atom is 0.335 e. The molecule has 8 nitrogen and oxygen atoms in total. The minimum absolute atomic E-state index is 0.0986. The van der Waals surface area contributed by atoms with Crippen LogP contribution < -0.4 is 4.90 Å². The first-order valence-corrected chi connectivity index (χ1v) is 9.13. The Morgan fingerprint density at radius 3 is 2.74 bits per heavy atom. The Morgan fingerprint density at radius 2 is 2.04 bits per heavy atom. The molecule has 0 aromatic carbocycles. The summed E-state index contributed by atoms with van der Waals surface area (Å²) in [5.41, 5.74) is -0.215. The second-order valence-electron chi connectivity index (χ2n) is 6.82. The third-order valence-electron chi connectivity index (χ3n) is 4.96. The SMILES string of the molecule is C#CCCC1(CCC(=O)N2CCCN(c3cc(C(=O)O)ccn3)CC2)N=N1. The molecule has 1 fully saturated rings. The second kappa shape index (κ2) is 8.16. The Bertz CT molecular complexity index is 780. The quantitative estimate of drug-likeness (QED) is 0.743. The number of hydrogen-bond donors (Lipinski definition) is 1. The van der Waals surface area contributed by atoms with E-state index >= 15 is 0 Å². The van der Waals surface area contributed by atoms with Crippen molar-refractivity contribution in [3.8, 4) is 12.3 Å². The molecule has 1 N–H and O–H groups in total. The van der Waals surface area contributed by atoms with E-state index in [9.17, 15) is 9.59 Å². The van der Waals surface area contributed by atoms with Gasteiger partial charge in [-0.25, -0.2) is 9.78 Å². The lowest BCUT2D eigenvalue weighted by Crippen LogP contribution is -2.35. The summed E-state index contributed by atoms with van der Waals surface area (Å²) in [7, 11) is 0. The van der Waals surface area contributed by atoms with Gasteiger partial charge in [0.15, 0.2) is 5.66 Å². The number of carbonyl (C=O) groups is 2. The molecule has 0 radical (unpaired) electrons. The summed E-state index contributed by atoms with van der Waals surface area (Å²) in [6.07, 6.45) is 9.93. The Labute approximate surface area is 158 Å². The minimum Gasteiger partial charge on any atom is -0.478 e. The van der Waals surface area contributed by atoms with E-state index in [1.807, 2.05) is 9.80 Å². The number of rotatable bonds is 7. The summed E-state index contributed by atoms with van der Waals surface area (Å²) in [5, 5.41) is 17.3. The summed E-state index contributed by atoms with van der Waals surface area (Å²) in [6, 6.07) is 3.05. The summed E-state index contributed by atoms with van der Waals surface area (Å²) in [6.45, 7) is 2.62. The zero-order valence-electron chi connectivity index (χ0n) is 15.2. The number of carboxylic acid groups (broad SMARTS) is 1. The van der Waals surface area contributed by atoms with Crippen molar-refractivity contribution < 1.29 is 14.7 Å². The van der Waals surface area contributed by atoms with Crippen molar-refractivity contribution in [1.82, 2.24) is 9.88 Å². The van der Waals surface area contributed by atoms with Crippen molar-refractivity contribution >= 4 is 17.7 Å². The maximum atomic E-state index is 12.6. The minimum atomic E-state index is -0.972. The Morgan fingerprint density at radius 1 is 1.22 bits per heavy atom. The molecule has 0 unspecified atom stereocenters. The molecule has 0 spiro atoms. The number of nitrogens with zero attached hydrogens (tertiary/aromatic N) is 5. The monoisotopic (exact) mass is 369 g/mol. The molecule has 2 aliphatic rings. The highest BCUT2D eigenvalue weighted by Crippen LogP contribution is 2.37. The van der Waals surface area contributed by atoms with E-state index in [0.29, 0.717) is 51.1 Å². The fourth-order valence-electron chi connectivity index (χ4n) is 3.25. The van der Waals surface area contributed by atoms with Crippen LogP contribution in [0, 0.1) is 12.3 Å². The topological polar surface area (TPSA) is 98.5 Å². The zero-order chi connectivity index (χ0) is 19.3. The molecule has 142 valence electrons. The van der Waals surface area contributed by atoms with Gasteiger partial charge in [0, 0.05) is 58.1 Å². The molecule has 1 saturated heterocycles. The molecule has 8 heteroatoms. The second-order valence-corrected chi connectivity index (χ2v) is 6.82. The fourth-order valence-corrected chi connectivity index (χ4v) is 3.25. The van der Waals surface area contributed by atoms with Crippen molar-refractivity contribution in [2.75, 3.05) is 31.1 Å². The first-order chi connectivity index (χ1) is 13.0. The van der Waals surface area contributed by atoms with Crippen molar-refractivity contribution in [2.45, 2.75) is 37.8 Å². The Balaban J connectivity index is 1.52. The predicted molar refractivity (Wildman–Crippen MR) is 99.5 cm³/mol. The van der Waals surface area contributed by atoms with Gasteiger partial charge in [0.2, 0.25) is 5.91 Å². The van der Waals surface area contributed by atoms with Gasteiger partial charge in [0.05, 0.1) is 5.56 Å². The van der Waals surface area contributed by atoms with Gasteiger partial charge in [-0.05, 0) is 18.6 Å². The van der Waals surface area contributed by atoms with Gasteiger partial charge < -0.3 is 14.9 Å². The lowest BCUT2D eigenvalue weighted by atomic mass is 10.0. The van der Waals surface area contributed by atoms with Gasteiger partial charge in [-0.2, -0.15) is 10.2 Å². The lowest BCUT2D eigenvalue weighted by Gasteiger charge is -2.23. The van der Waals surface area contributed by atoms with Crippen LogP contribution >= 0.6 is 0 Å². The van der Waals surface area contributed by atoms with Crippen LogP contribution in [0.1, 0.15) is 42.5 Å². The summed E-state index contributed by atoms with van der Waals surface area (Å²) in [4.78, 5) is 31.9. The van der Waals surface area contributed by atoms with Crippen LogP contribution in [0.15, 0.2) is 28.6 Å². The van der Waals surface area contributed by atoms with Crippen LogP contribution in [0.4, 0.5) is 5.82 Å². The molecule has 1 aromatic heterocycles. The molecule has 0 atom stereocenters. The summed E-state index contributed by atoms with van der Waals surface area (Å²) in [5.74, 6) is 2.35. The highest BCUT2D eigenvalue weighted by Gasteiger charge is 2.39. The van der Waals surface area contributed by atoms with Crippen molar-refractivity contribution in [1.29, 1.82) is 0 Å². The molecule has 1 amide bonds. The van der Waals surface area contributed by atoms with E-state index in [4.69, 9.17) is 11.5 Å². The van der Waals surface area contributed by atoms with E-state index in [1.165, 1.54) is 12.3 Å². The van der Waals surface area contributed by atoms with Gasteiger partial charge in [-0.1, -0.05) is 0 Å². The third-order valence-corrected chi connectivity index (χ3v) is 4.96. The number of pyridine rings is 1. The molecule has 0 bridgehead atoms. The lowest BCUT2D eigenvalue weighted by molar-refractivity contribution is -0.131. The Hall–Kier alpha value is -2.95. The standard InChI is InChI=1S/C19H23N5O3/c1-2-3-7-19(21-22-19)8-5-17(25)24-11-4-10-23(12-13-24)16-14-15(18(26)27)6-9-20-16/h1,6,9,14H,3-5,7-8,10-13H2,(H,26,27). The molecule has 3 heterocycles. The molecule has 1 aromatic rings. The highest BCUT2D eigenvalue weighted by molar-refractivity contribution is 5.88. The van der Waals surface area contributed by atoms with Crippen molar-refractivity contribution in [2.24, 2.45) is 10.2 Å². The van der Waals surface area contributed by atoms with E-state index in [2.05, 4.69) is 21.1 Å². The number of terminal acetylenes is 1.